The summed E-state index contributed by atoms with van der Waals surface area (Å²) in [5, 5.41) is 5.50. The van der Waals surface area contributed by atoms with Crippen LogP contribution in [0.2, 0.25) is 0 Å². The second-order valence-electron chi connectivity index (χ2n) is 5.23. The summed E-state index contributed by atoms with van der Waals surface area (Å²) >= 11 is 0. The van der Waals surface area contributed by atoms with E-state index in [0.717, 1.165) is 12.5 Å². The van der Waals surface area contributed by atoms with Crippen LogP contribution in [-0.4, -0.2) is 24.9 Å². The van der Waals surface area contributed by atoms with Crippen molar-refractivity contribution in [1.29, 1.82) is 0 Å². The zero-order chi connectivity index (χ0) is 13.4. The van der Waals surface area contributed by atoms with Gasteiger partial charge in [-0.25, -0.2) is 0 Å². The Morgan fingerprint density at radius 3 is 2.11 bits per heavy atom. The molecule has 0 aliphatic heterocycles. The Hall–Kier alpha value is -1.06. The van der Waals surface area contributed by atoms with Crippen molar-refractivity contribution in [2.75, 3.05) is 13.1 Å². The van der Waals surface area contributed by atoms with Crippen LogP contribution in [0.3, 0.4) is 0 Å². The highest BCUT2D eigenvalue weighted by atomic mass is 16.2. The van der Waals surface area contributed by atoms with Gasteiger partial charge in [0.05, 0.1) is 6.54 Å². The van der Waals surface area contributed by atoms with Crippen molar-refractivity contribution < 1.29 is 9.59 Å². The van der Waals surface area contributed by atoms with E-state index in [1.807, 2.05) is 0 Å². The lowest BCUT2D eigenvalue weighted by Crippen LogP contribution is -2.39. The summed E-state index contributed by atoms with van der Waals surface area (Å²) in [5.74, 6) is 1.36. The van der Waals surface area contributed by atoms with E-state index in [1.54, 1.807) is 6.92 Å². The van der Waals surface area contributed by atoms with E-state index >= 15 is 0 Å². The molecule has 0 unspecified atom stereocenters. The van der Waals surface area contributed by atoms with Gasteiger partial charge in [-0.05, 0) is 24.7 Å². The van der Waals surface area contributed by atoms with Crippen molar-refractivity contribution in [3.05, 3.63) is 0 Å². The molecule has 1 aliphatic rings. The van der Waals surface area contributed by atoms with E-state index in [1.165, 1.54) is 32.1 Å². The minimum absolute atomic E-state index is 0.0746. The first-order valence-electron chi connectivity index (χ1n) is 7.19. The number of nitrogens with one attached hydrogen (secondary N) is 2. The number of hydrogen-bond acceptors (Lipinski definition) is 2. The highest BCUT2D eigenvalue weighted by Crippen LogP contribution is 2.29. The zero-order valence-electron chi connectivity index (χ0n) is 11.6. The van der Waals surface area contributed by atoms with Crippen molar-refractivity contribution in [2.45, 2.75) is 52.4 Å². The summed E-state index contributed by atoms with van der Waals surface area (Å²) in [4.78, 5) is 22.5. The largest absolute Gasteiger partial charge is 0.354 e. The van der Waals surface area contributed by atoms with Crippen LogP contribution in [0.25, 0.3) is 0 Å². The topological polar surface area (TPSA) is 58.2 Å². The molecule has 0 aromatic heterocycles. The number of rotatable bonds is 6. The average molecular weight is 254 g/mol. The normalized spacial score (nSPS) is 23.4. The Morgan fingerprint density at radius 1 is 0.944 bits per heavy atom. The Kier molecular flexibility index (Phi) is 6.76. The Balaban J connectivity index is 2.10. The molecule has 0 radical (unpaired) electrons. The fourth-order valence-electron chi connectivity index (χ4n) is 2.47. The lowest BCUT2D eigenvalue weighted by molar-refractivity contribution is -0.126. The Bertz CT molecular complexity index is 271. The molecule has 0 saturated heterocycles. The van der Waals surface area contributed by atoms with Gasteiger partial charge in [0.2, 0.25) is 11.8 Å². The Morgan fingerprint density at radius 2 is 1.56 bits per heavy atom. The van der Waals surface area contributed by atoms with Gasteiger partial charge in [0.25, 0.3) is 0 Å². The maximum Gasteiger partial charge on any atom is 0.239 e. The van der Waals surface area contributed by atoms with Gasteiger partial charge >= 0.3 is 0 Å². The lowest BCUT2D eigenvalue weighted by atomic mass is 9.81. The third kappa shape index (κ3) is 5.52. The van der Waals surface area contributed by atoms with Crippen LogP contribution in [0.15, 0.2) is 0 Å². The molecule has 2 amide bonds. The summed E-state index contributed by atoms with van der Waals surface area (Å²) < 4.78 is 0. The standard InChI is InChI=1S/C14H26N2O2/c1-3-11-5-7-12(8-6-11)9-15-14(18)10-16-13(17)4-2/h11-12H,3-10H2,1-2H3,(H,15,18)(H,16,17). The molecule has 1 rings (SSSR count). The summed E-state index contributed by atoms with van der Waals surface area (Å²) in [6, 6.07) is 0. The van der Waals surface area contributed by atoms with E-state index in [4.69, 9.17) is 0 Å². The first kappa shape index (κ1) is 15.0. The molecule has 1 saturated carbocycles. The molecular formula is C14H26N2O2. The fraction of sp³-hybridized carbons (Fsp3) is 0.857. The van der Waals surface area contributed by atoms with E-state index in [2.05, 4.69) is 17.6 Å². The van der Waals surface area contributed by atoms with Crippen LogP contribution in [0.4, 0.5) is 0 Å². The Labute approximate surface area is 110 Å². The van der Waals surface area contributed by atoms with Crippen molar-refractivity contribution in [1.82, 2.24) is 10.6 Å². The number of hydrogen-bond donors (Lipinski definition) is 2. The molecule has 0 bridgehead atoms. The van der Waals surface area contributed by atoms with Crippen LogP contribution in [-0.2, 0) is 9.59 Å². The van der Waals surface area contributed by atoms with E-state index in [0.29, 0.717) is 12.3 Å². The van der Waals surface area contributed by atoms with Gasteiger partial charge in [-0.2, -0.15) is 0 Å². The first-order valence-corrected chi connectivity index (χ1v) is 7.19. The molecule has 0 spiro atoms. The number of carbonyl (C=O) groups excluding carboxylic acids is 2. The van der Waals surface area contributed by atoms with Crippen LogP contribution in [0.5, 0.6) is 0 Å². The molecule has 2 N–H and O–H groups in total. The van der Waals surface area contributed by atoms with Crippen molar-refractivity contribution in [2.24, 2.45) is 11.8 Å². The third-order valence-corrected chi connectivity index (χ3v) is 3.90. The molecule has 104 valence electrons. The molecule has 1 aliphatic carbocycles. The maximum absolute atomic E-state index is 11.5. The molecule has 1 fully saturated rings. The second-order valence-corrected chi connectivity index (χ2v) is 5.23. The van der Waals surface area contributed by atoms with Crippen LogP contribution in [0, 0.1) is 11.8 Å². The van der Waals surface area contributed by atoms with Gasteiger partial charge in [-0.3, -0.25) is 9.59 Å². The molecule has 0 aromatic rings. The van der Waals surface area contributed by atoms with Gasteiger partial charge in [-0.15, -0.1) is 0 Å². The van der Waals surface area contributed by atoms with Crippen LogP contribution < -0.4 is 10.6 Å². The van der Waals surface area contributed by atoms with Crippen LogP contribution in [0.1, 0.15) is 52.4 Å². The summed E-state index contributed by atoms with van der Waals surface area (Å²) in [5.41, 5.74) is 0. The fourth-order valence-corrected chi connectivity index (χ4v) is 2.47. The predicted molar refractivity (Wildman–Crippen MR) is 72.0 cm³/mol. The zero-order valence-corrected chi connectivity index (χ0v) is 11.6. The number of amides is 2. The van der Waals surface area contributed by atoms with Gasteiger partial charge in [0.1, 0.15) is 0 Å². The smallest absolute Gasteiger partial charge is 0.239 e. The lowest BCUT2D eigenvalue weighted by Gasteiger charge is -2.27. The maximum atomic E-state index is 11.5. The van der Waals surface area contributed by atoms with E-state index in [-0.39, 0.29) is 18.4 Å². The summed E-state index contributed by atoms with van der Waals surface area (Å²) in [7, 11) is 0. The third-order valence-electron chi connectivity index (χ3n) is 3.90. The van der Waals surface area contributed by atoms with Crippen molar-refractivity contribution in [3.8, 4) is 0 Å². The molecule has 0 heterocycles. The summed E-state index contributed by atoms with van der Waals surface area (Å²) in [6.45, 7) is 4.90. The molecule has 4 nitrogen and oxygen atoms in total. The van der Waals surface area contributed by atoms with Gasteiger partial charge in [0.15, 0.2) is 0 Å². The quantitative estimate of drug-likeness (QED) is 0.760. The molecule has 0 aromatic carbocycles. The van der Waals surface area contributed by atoms with Gasteiger partial charge in [0, 0.05) is 13.0 Å². The molecule has 4 heteroatoms. The molecular weight excluding hydrogens is 228 g/mol. The second kappa shape index (κ2) is 8.11. The highest BCUT2D eigenvalue weighted by Gasteiger charge is 2.20. The summed E-state index contributed by atoms with van der Waals surface area (Å²) in [6.07, 6.45) is 6.74. The van der Waals surface area contributed by atoms with Gasteiger partial charge in [-0.1, -0.05) is 33.1 Å². The first-order chi connectivity index (χ1) is 8.65. The van der Waals surface area contributed by atoms with E-state index < -0.39 is 0 Å². The minimum Gasteiger partial charge on any atom is -0.354 e. The monoisotopic (exact) mass is 254 g/mol. The average Bonchev–Trinajstić information content (AvgIpc) is 2.42. The van der Waals surface area contributed by atoms with Gasteiger partial charge < -0.3 is 10.6 Å². The molecule has 0 atom stereocenters. The van der Waals surface area contributed by atoms with Crippen molar-refractivity contribution in [3.63, 3.8) is 0 Å². The molecule has 18 heavy (non-hydrogen) atoms. The van der Waals surface area contributed by atoms with Crippen LogP contribution >= 0.6 is 0 Å². The SMILES string of the molecule is CCC(=O)NCC(=O)NCC1CCC(CC)CC1. The minimum atomic E-state index is -0.0754. The van der Waals surface area contributed by atoms with Crippen molar-refractivity contribution >= 4 is 11.8 Å². The predicted octanol–water partition coefficient (Wildman–Crippen LogP) is 1.85. The number of carbonyl (C=O) groups is 2. The van der Waals surface area contributed by atoms with E-state index in [9.17, 15) is 9.59 Å². The highest BCUT2D eigenvalue weighted by molar-refractivity contribution is 5.84.